The number of terminal acetylenes is 1. The number of carbonyl (C=O) groups is 1. The smallest absolute Gasteiger partial charge is 0.321 e. The molecule has 5 heteroatoms. The molecule has 2 heterocycles. The summed E-state index contributed by atoms with van der Waals surface area (Å²) in [4.78, 5) is 19.8. The summed E-state index contributed by atoms with van der Waals surface area (Å²) in [6.45, 7) is 3.78. The van der Waals surface area contributed by atoms with E-state index >= 15 is 0 Å². The van der Waals surface area contributed by atoms with Crippen molar-refractivity contribution in [3.05, 3.63) is 18.7 Å². The zero-order valence-electron chi connectivity index (χ0n) is 9.04. The fourth-order valence-electron chi connectivity index (χ4n) is 1.76. The van der Waals surface area contributed by atoms with Gasteiger partial charge in [0, 0.05) is 38.6 Å². The molecule has 0 aromatic carbocycles. The number of amides is 1. The van der Waals surface area contributed by atoms with Crippen molar-refractivity contribution in [3.63, 3.8) is 0 Å². The number of nitrogens with zero attached hydrogens (tertiary/aromatic N) is 4. The predicted molar refractivity (Wildman–Crippen MR) is 59.9 cm³/mol. The molecule has 0 atom stereocenters. The molecule has 0 N–H and O–H groups in total. The monoisotopic (exact) mass is 218 g/mol. The highest BCUT2D eigenvalue weighted by molar-refractivity contribution is 5.76. The second-order valence-corrected chi connectivity index (χ2v) is 3.72. The summed E-state index contributed by atoms with van der Waals surface area (Å²) in [5, 5.41) is 0. The van der Waals surface area contributed by atoms with E-state index in [9.17, 15) is 4.79 Å². The highest BCUT2D eigenvalue weighted by Crippen LogP contribution is 2.03. The summed E-state index contributed by atoms with van der Waals surface area (Å²) in [7, 11) is 0. The van der Waals surface area contributed by atoms with Gasteiger partial charge in [0.15, 0.2) is 0 Å². The Bertz CT molecular complexity index is 385. The van der Waals surface area contributed by atoms with E-state index < -0.39 is 0 Å². The molecule has 0 spiro atoms. The minimum Gasteiger partial charge on any atom is -0.321 e. The van der Waals surface area contributed by atoms with Crippen molar-refractivity contribution in [3.8, 4) is 12.3 Å². The summed E-state index contributed by atoms with van der Waals surface area (Å²) in [6.07, 6.45) is 10.0. The number of imidazole rings is 1. The molecule has 1 amide bonds. The minimum atomic E-state index is -0.0159. The van der Waals surface area contributed by atoms with Gasteiger partial charge >= 0.3 is 6.03 Å². The molecular weight excluding hydrogens is 204 g/mol. The number of carbonyl (C=O) groups excluding carboxylic acids is 1. The third kappa shape index (κ3) is 2.23. The molecule has 1 aromatic heterocycles. The number of aromatic nitrogens is 2. The molecule has 1 fully saturated rings. The van der Waals surface area contributed by atoms with Gasteiger partial charge in [0.2, 0.25) is 0 Å². The molecule has 1 saturated heterocycles. The maximum atomic E-state index is 11.9. The molecule has 16 heavy (non-hydrogen) atoms. The van der Waals surface area contributed by atoms with Gasteiger partial charge in [0.05, 0.1) is 6.54 Å². The molecule has 1 aromatic rings. The Kier molecular flexibility index (Phi) is 3.22. The second kappa shape index (κ2) is 4.81. The minimum absolute atomic E-state index is 0.0159. The normalized spacial score (nSPS) is 17.1. The topological polar surface area (TPSA) is 41.4 Å². The summed E-state index contributed by atoms with van der Waals surface area (Å²) in [6, 6.07) is -0.0159. The van der Waals surface area contributed by atoms with Gasteiger partial charge in [-0.25, -0.2) is 9.78 Å². The van der Waals surface area contributed by atoms with Crippen LogP contribution in [0.15, 0.2) is 18.7 Å². The molecule has 0 saturated carbocycles. The van der Waals surface area contributed by atoms with Crippen LogP contribution in [0.5, 0.6) is 0 Å². The second-order valence-electron chi connectivity index (χ2n) is 3.72. The standard InChI is InChI=1S/C11H14N4O/c1-2-4-13-6-8-14(9-7-13)11(16)15-5-3-12-10-15/h1,3,5,10H,4,6-9H2. The fourth-order valence-corrected chi connectivity index (χ4v) is 1.76. The van der Waals surface area contributed by atoms with E-state index in [0.717, 1.165) is 26.2 Å². The van der Waals surface area contributed by atoms with Crippen LogP contribution in [-0.4, -0.2) is 58.1 Å². The van der Waals surface area contributed by atoms with E-state index in [4.69, 9.17) is 6.42 Å². The van der Waals surface area contributed by atoms with Gasteiger partial charge in [-0.15, -0.1) is 6.42 Å². The zero-order valence-corrected chi connectivity index (χ0v) is 9.04. The molecule has 0 unspecified atom stereocenters. The molecule has 5 nitrogen and oxygen atoms in total. The van der Waals surface area contributed by atoms with Crippen molar-refractivity contribution in [2.45, 2.75) is 0 Å². The van der Waals surface area contributed by atoms with Crippen molar-refractivity contribution < 1.29 is 4.79 Å². The van der Waals surface area contributed by atoms with Gasteiger partial charge in [-0.1, -0.05) is 5.92 Å². The summed E-state index contributed by atoms with van der Waals surface area (Å²) < 4.78 is 1.50. The van der Waals surface area contributed by atoms with Gasteiger partial charge in [0.1, 0.15) is 6.33 Å². The molecule has 1 aliphatic heterocycles. The first-order chi connectivity index (χ1) is 7.81. The van der Waals surface area contributed by atoms with Crippen molar-refractivity contribution in [2.24, 2.45) is 0 Å². The largest absolute Gasteiger partial charge is 0.329 e. The summed E-state index contributed by atoms with van der Waals surface area (Å²) in [5.74, 6) is 2.62. The van der Waals surface area contributed by atoms with Gasteiger partial charge in [-0.3, -0.25) is 9.47 Å². The highest BCUT2D eigenvalue weighted by atomic mass is 16.2. The number of rotatable bonds is 1. The molecule has 0 radical (unpaired) electrons. The highest BCUT2D eigenvalue weighted by Gasteiger charge is 2.21. The lowest BCUT2D eigenvalue weighted by Gasteiger charge is -2.33. The van der Waals surface area contributed by atoms with Crippen LogP contribution in [0.4, 0.5) is 4.79 Å². The zero-order chi connectivity index (χ0) is 11.4. The van der Waals surface area contributed by atoms with Crippen LogP contribution in [0, 0.1) is 12.3 Å². The Morgan fingerprint density at radius 3 is 2.69 bits per heavy atom. The third-order valence-corrected chi connectivity index (χ3v) is 2.68. The Balaban J connectivity index is 1.90. The predicted octanol–water partition coefficient (Wildman–Crippen LogP) is 0.102. The Morgan fingerprint density at radius 2 is 2.12 bits per heavy atom. The quantitative estimate of drug-likeness (QED) is 0.628. The van der Waals surface area contributed by atoms with E-state index in [1.54, 1.807) is 12.4 Å². The number of hydrogen-bond donors (Lipinski definition) is 0. The molecule has 1 aliphatic rings. The molecular formula is C11H14N4O. The van der Waals surface area contributed by atoms with Crippen molar-refractivity contribution >= 4 is 6.03 Å². The molecule has 2 rings (SSSR count). The lowest BCUT2D eigenvalue weighted by Crippen LogP contribution is -2.49. The first-order valence-electron chi connectivity index (χ1n) is 5.24. The Hall–Kier alpha value is -1.80. The average Bonchev–Trinajstić information content (AvgIpc) is 2.83. The van der Waals surface area contributed by atoms with Gasteiger partial charge in [-0.2, -0.15) is 0 Å². The lowest BCUT2D eigenvalue weighted by atomic mass is 10.3. The SMILES string of the molecule is C#CCN1CCN(C(=O)n2ccnc2)CC1. The van der Waals surface area contributed by atoms with E-state index in [2.05, 4.69) is 15.8 Å². The van der Waals surface area contributed by atoms with Crippen molar-refractivity contribution in [1.29, 1.82) is 0 Å². The van der Waals surface area contributed by atoms with Crippen molar-refractivity contribution in [1.82, 2.24) is 19.4 Å². The average molecular weight is 218 g/mol. The van der Waals surface area contributed by atoms with Crippen LogP contribution in [0.3, 0.4) is 0 Å². The summed E-state index contributed by atoms with van der Waals surface area (Å²) in [5.41, 5.74) is 0. The first kappa shape index (κ1) is 10.7. The van der Waals surface area contributed by atoms with Crippen LogP contribution in [0.2, 0.25) is 0 Å². The number of piperazine rings is 1. The van der Waals surface area contributed by atoms with Crippen molar-refractivity contribution in [2.75, 3.05) is 32.7 Å². The van der Waals surface area contributed by atoms with Crippen LogP contribution < -0.4 is 0 Å². The van der Waals surface area contributed by atoms with E-state index in [1.165, 1.54) is 10.9 Å². The van der Waals surface area contributed by atoms with E-state index in [-0.39, 0.29) is 6.03 Å². The number of hydrogen-bond acceptors (Lipinski definition) is 3. The van der Waals surface area contributed by atoms with Crippen LogP contribution in [0.1, 0.15) is 0 Å². The fraction of sp³-hybridized carbons (Fsp3) is 0.455. The third-order valence-electron chi connectivity index (χ3n) is 2.68. The Labute approximate surface area is 94.7 Å². The first-order valence-corrected chi connectivity index (χ1v) is 5.24. The summed E-state index contributed by atoms with van der Waals surface area (Å²) >= 11 is 0. The molecule has 84 valence electrons. The van der Waals surface area contributed by atoms with Crippen LogP contribution in [0.25, 0.3) is 0 Å². The molecule has 0 aliphatic carbocycles. The van der Waals surface area contributed by atoms with E-state index in [1.807, 2.05) is 4.90 Å². The van der Waals surface area contributed by atoms with Gasteiger partial charge in [0.25, 0.3) is 0 Å². The maximum Gasteiger partial charge on any atom is 0.329 e. The Morgan fingerprint density at radius 1 is 1.38 bits per heavy atom. The lowest BCUT2D eigenvalue weighted by molar-refractivity contribution is 0.149. The van der Waals surface area contributed by atoms with Crippen LogP contribution >= 0.6 is 0 Å². The maximum absolute atomic E-state index is 11.9. The van der Waals surface area contributed by atoms with Crippen LogP contribution in [-0.2, 0) is 0 Å². The van der Waals surface area contributed by atoms with Gasteiger partial charge in [-0.05, 0) is 0 Å². The van der Waals surface area contributed by atoms with Gasteiger partial charge < -0.3 is 4.90 Å². The van der Waals surface area contributed by atoms with E-state index in [0.29, 0.717) is 6.54 Å². The molecule has 0 bridgehead atoms.